The van der Waals surface area contributed by atoms with Crippen LogP contribution in [0.2, 0.25) is 0 Å². The molecule has 3 heterocycles. The Morgan fingerprint density at radius 1 is 1.07 bits per heavy atom. The van der Waals surface area contributed by atoms with Crippen molar-refractivity contribution < 1.29 is 9.47 Å². The molecule has 1 N–H and O–H groups in total. The quantitative estimate of drug-likeness (QED) is 0.401. The Bertz CT molecular complexity index is 1170. The van der Waals surface area contributed by atoms with E-state index in [1.807, 2.05) is 18.2 Å². The van der Waals surface area contributed by atoms with E-state index in [0.717, 1.165) is 49.7 Å². The Morgan fingerprint density at radius 2 is 1.89 bits per heavy atom. The van der Waals surface area contributed by atoms with Gasteiger partial charge in [-0.05, 0) is 36.2 Å². The maximum atomic E-state index is 5.49. The zero-order valence-corrected chi connectivity index (χ0v) is 17.4. The maximum absolute atomic E-state index is 5.49. The van der Waals surface area contributed by atoms with Crippen molar-refractivity contribution in [1.29, 1.82) is 0 Å². The van der Waals surface area contributed by atoms with Crippen molar-refractivity contribution in [3.63, 3.8) is 0 Å². The number of anilines is 2. The molecule has 0 aliphatic carbocycles. The third-order valence-electron chi connectivity index (χ3n) is 4.65. The molecule has 7 heteroatoms. The fourth-order valence-corrected chi connectivity index (χ4v) is 4.72. The summed E-state index contributed by atoms with van der Waals surface area (Å²) >= 11 is 5.24. The van der Waals surface area contributed by atoms with Gasteiger partial charge < -0.3 is 14.8 Å². The Kier molecular flexibility index (Phi) is 4.41. The minimum absolute atomic E-state index is 0.259. The van der Waals surface area contributed by atoms with Crippen LogP contribution in [0.3, 0.4) is 0 Å². The summed E-state index contributed by atoms with van der Waals surface area (Å²) in [6, 6.07) is 14.2. The molecule has 2 aromatic carbocycles. The molecule has 0 atom stereocenters. The number of hydrogen-bond acceptors (Lipinski definition) is 6. The first-order valence-corrected chi connectivity index (χ1v) is 10.5. The van der Waals surface area contributed by atoms with E-state index in [4.69, 9.17) is 9.47 Å². The predicted octanol–water partition coefficient (Wildman–Crippen LogP) is 6.16. The Balaban J connectivity index is 1.65. The third-order valence-corrected chi connectivity index (χ3v) is 6.42. The van der Waals surface area contributed by atoms with Crippen molar-refractivity contribution >= 4 is 49.0 Å². The van der Waals surface area contributed by atoms with Crippen LogP contribution >= 0.6 is 27.3 Å². The molecule has 0 saturated heterocycles. The summed E-state index contributed by atoms with van der Waals surface area (Å²) in [5.41, 5.74) is 3.25. The van der Waals surface area contributed by atoms with E-state index in [-0.39, 0.29) is 6.79 Å². The highest BCUT2D eigenvalue weighted by Crippen LogP contribution is 2.42. The van der Waals surface area contributed by atoms with Crippen LogP contribution in [0.5, 0.6) is 11.5 Å². The minimum Gasteiger partial charge on any atom is -0.454 e. The summed E-state index contributed by atoms with van der Waals surface area (Å²) in [4.78, 5) is 11.4. The zero-order valence-electron chi connectivity index (χ0n) is 15.0. The molecule has 28 heavy (non-hydrogen) atoms. The lowest BCUT2D eigenvalue weighted by Crippen LogP contribution is -1.96. The van der Waals surface area contributed by atoms with Crippen molar-refractivity contribution in [2.75, 3.05) is 12.1 Å². The van der Waals surface area contributed by atoms with E-state index in [1.165, 1.54) is 10.4 Å². The van der Waals surface area contributed by atoms with Crippen LogP contribution in [0.1, 0.15) is 11.8 Å². The molecule has 0 unspecified atom stereocenters. The lowest BCUT2D eigenvalue weighted by molar-refractivity contribution is 0.174. The summed E-state index contributed by atoms with van der Waals surface area (Å²) in [5.74, 6) is 2.29. The first kappa shape index (κ1) is 17.5. The standard InChI is InChI=1S/C21H16BrN3O2S/c1-2-17-18(12-3-5-13(22)6-4-12)19-20(23-10-24-21(19)28-17)25-14-7-8-15-16(9-14)27-11-26-15/h3-10H,2,11H2,1H3,(H,23,24,25). The summed E-state index contributed by atoms with van der Waals surface area (Å²) in [7, 11) is 0. The minimum atomic E-state index is 0.259. The fourth-order valence-electron chi connectivity index (χ4n) is 3.36. The highest BCUT2D eigenvalue weighted by atomic mass is 79.9. The molecule has 0 amide bonds. The lowest BCUT2D eigenvalue weighted by Gasteiger charge is -2.10. The Labute approximate surface area is 174 Å². The highest BCUT2D eigenvalue weighted by molar-refractivity contribution is 9.10. The fraction of sp³-hybridized carbons (Fsp3) is 0.143. The number of rotatable bonds is 4. The van der Waals surface area contributed by atoms with Gasteiger partial charge in [0.25, 0.3) is 0 Å². The molecule has 140 valence electrons. The SMILES string of the molecule is CCc1sc2ncnc(Nc3ccc4c(c3)OCO4)c2c1-c1ccc(Br)cc1. The van der Waals surface area contributed by atoms with Gasteiger partial charge in [-0.15, -0.1) is 11.3 Å². The number of nitrogens with zero attached hydrogens (tertiary/aromatic N) is 2. The van der Waals surface area contributed by atoms with Gasteiger partial charge in [0.2, 0.25) is 6.79 Å². The second-order valence-corrected chi connectivity index (χ2v) is 8.36. The van der Waals surface area contributed by atoms with Crippen LogP contribution in [0.25, 0.3) is 21.3 Å². The summed E-state index contributed by atoms with van der Waals surface area (Å²) in [6.45, 7) is 2.43. The molecule has 5 nitrogen and oxygen atoms in total. The van der Waals surface area contributed by atoms with Gasteiger partial charge in [0.05, 0.1) is 5.39 Å². The number of fused-ring (bicyclic) bond motifs is 2. The van der Waals surface area contributed by atoms with Gasteiger partial charge in [-0.1, -0.05) is 35.0 Å². The number of halogens is 1. The van der Waals surface area contributed by atoms with Crippen molar-refractivity contribution in [2.45, 2.75) is 13.3 Å². The van der Waals surface area contributed by atoms with E-state index in [1.54, 1.807) is 17.7 Å². The normalized spacial score (nSPS) is 12.5. The molecule has 4 aromatic rings. The number of aromatic nitrogens is 2. The molecule has 5 rings (SSSR count). The lowest BCUT2D eigenvalue weighted by atomic mass is 10.0. The summed E-state index contributed by atoms with van der Waals surface area (Å²) in [5, 5.41) is 4.49. The number of benzene rings is 2. The molecular weight excluding hydrogens is 438 g/mol. The van der Waals surface area contributed by atoms with Crippen LogP contribution in [0, 0.1) is 0 Å². The smallest absolute Gasteiger partial charge is 0.231 e. The van der Waals surface area contributed by atoms with E-state index >= 15 is 0 Å². The van der Waals surface area contributed by atoms with Crippen molar-refractivity contribution in [1.82, 2.24) is 9.97 Å². The maximum Gasteiger partial charge on any atom is 0.231 e. The van der Waals surface area contributed by atoms with Crippen LogP contribution in [0.15, 0.2) is 53.3 Å². The number of ether oxygens (including phenoxy) is 2. The summed E-state index contributed by atoms with van der Waals surface area (Å²) in [6.07, 6.45) is 2.55. The van der Waals surface area contributed by atoms with Gasteiger partial charge in [0.15, 0.2) is 11.5 Å². The van der Waals surface area contributed by atoms with Gasteiger partial charge in [-0.25, -0.2) is 9.97 Å². The second kappa shape index (κ2) is 7.07. The molecule has 0 radical (unpaired) electrons. The number of nitrogens with one attached hydrogen (secondary N) is 1. The highest BCUT2D eigenvalue weighted by Gasteiger charge is 2.19. The average Bonchev–Trinajstić information content (AvgIpc) is 3.33. The monoisotopic (exact) mass is 453 g/mol. The molecule has 0 bridgehead atoms. The summed E-state index contributed by atoms with van der Waals surface area (Å²) < 4.78 is 12.0. The molecule has 2 aromatic heterocycles. The average molecular weight is 454 g/mol. The molecule has 0 fully saturated rings. The van der Waals surface area contributed by atoms with E-state index < -0.39 is 0 Å². The zero-order chi connectivity index (χ0) is 19.1. The molecular formula is C21H16BrN3O2S. The molecule has 1 aliphatic rings. The van der Waals surface area contributed by atoms with Crippen molar-refractivity contribution in [2.24, 2.45) is 0 Å². The van der Waals surface area contributed by atoms with Crippen molar-refractivity contribution in [3.8, 4) is 22.6 Å². The largest absolute Gasteiger partial charge is 0.454 e. The van der Waals surface area contributed by atoms with E-state index in [9.17, 15) is 0 Å². The predicted molar refractivity (Wildman–Crippen MR) is 116 cm³/mol. The first-order valence-electron chi connectivity index (χ1n) is 8.92. The van der Waals surface area contributed by atoms with E-state index in [0.29, 0.717) is 0 Å². The number of thiophene rings is 1. The van der Waals surface area contributed by atoms with Crippen LogP contribution in [-0.4, -0.2) is 16.8 Å². The molecule has 0 saturated carbocycles. The van der Waals surface area contributed by atoms with Crippen LogP contribution in [-0.2, 0) is 6.42 Å². The van der Waals surface area contributed by atoms with E-state index in [2.05, 4.69) is 62.4 Å². The molecule has 0 spiro atoms. The van der Waals surface area contributed by atoms with Gasteiger partial charge in [-0.2, -0.15) is 0 Å². The number of hydrogen-bond donors (Lipinski definition) is 1. The van der Waals surface area contributed by atoms with Gasteiger partial charge in [-0.3, -0.25) is 0 Å². The third kappa shape index (κ3) is 3.00. The Morgan fingerprint density at radius 3 is 2.71 bits per heavy atom. The number of aryl methyl sites for hydroxylation is 1. The first-order chi connectivity index (χ1) is 13.7. The molecule has 1 aliphatic heterocycles. The van der Waals surface area contributed by atoms with Crippen molar-refractivity contribution in [3.05, 3.63) is 58.1 Å². The van der Waals surface area contributed by atoms with Crippen LogP contribution in [0.4, 0.5) is 11.5 Å². The van der Waals surface area contributed by atoms with Gasteiger partial charge in [0, 0.05) is 26.7 Å². The van der Waals surface area contributed by atoms with Crippen LogP contribution < -0.4 is 14.8 Å². The van der Waals surface area contributed by atoms with Gasteiger partial charge in [0.1, 0.15) is 17.0 Å². The second-order valence-electron chi connectivity index (χ2n) is 6.36. The van der Waals surface area contributed by atoms with Gasteiger partial charge >= 0.3 is 0 Å². The Hall–Kier alpha value is -2.64. The topological polar surface area (TPSA) is 56.3 Å².